The molecule has 3 N–H and O–H groups in total. The van der Waals surface area contributed by atoms with Crippen molar-refractivity contribution < 1.29 is 5.11 Å². The molecule has 0 saturated carbocycles. The Morgan fingerprint density at radius 3 is 2.30 bits per heavy atom. The van der Waals surface area contributed by atoms with E-state index in [1.165, 1.54) is 0 Å². The summed E-state index contributed by atoms with van der Waals surface area (Å²) in [6, 6.07) is 9.34. The van der Waals surface area contributed by atoms with Crippen LogP contribution in [-0.4, -0.2) is 21.4 Å². The first-order valence-corrected chi connectivity index (χ1v) is 6.86. The molecule has 1 unspecified atom stereocenters. The van der Waals surface area contributed by atoms with Crippen molar-refractivity contribution >= 4 is 0 Å². The molecule has 4 heteroatoms. The van der Waals surface area contributed by atoms with Crippen LogP contribution in [0.3, 0.4) is 0 Å². The fraction of sp³-hybridized carbons (Fsp3) is 0.438. The third-order valence-corrected chi connectivity index (χ3v) is 3.57. The predicted octanol–water partition coefficient (Wildman–Crippen LogP) is 2.51. The zero-order valence-electron chi connectivity index (χ0n) is 12.6. The number of hydrogen-bond acceptors (Lipinski definition) is 3. The number of benzene rings is 1. The third kappa shape index (κ3) is 2.85. The second-order valence-electron chi connectivity index (χ2n) is 6.21. The molecule has 0 aliphatic rings. The molecule has 1 aromatic carbocycles. The maximum Gasteiger partial charge on any atom is 0.115 e. The van der Waals surface area contributed by atoms with Crippen LogP contribution in [0.5, 0.6) is 5.75 Å². The molecule has 0 spiro atoms. The molecule has 0 bridgehead atoms. The van der Waals surface area contributed by atoms with Crippen molar-refractivity contribution in [1.82, 2.24) is 9.78 Å². The molecule has 2 rings (SSSR count). The van der Waals surface area contributed by atoms with Crippen LogP contribution in [0.2, 0.25) is 0 Å². The Bertz CT molecular complexity index is 579. The average Bonchev–Trinajstić information content (AvgIpc) is 2.75. The van der Waals surface area contributed by atoms with Gasteiger partial charge in [0.25, 0.3) is 0 Å². The molecule has 0 fully saturated rings. The van der Waals surface area contributed by atoms with E-state index in [2.05, 4.69) is 31.9 Å². The summed E-state index contributed by atoms with van der Waals surface area (Å²) in [5.74, 6) is 0.356. The number of phenolic OH excluding ortho intramolecular Hbond substituents is 1. The number of phenols is 1. The van der Waals surface area contributed by atoms with Gasteiger partial charge in [0.05, 0.1) is 5.69 Å². The van der Waals surface area contributed by atoms with Gasteiger partial charge < -0.3 is 10.8 Å². The van der Waals surface area contributed by atoms with E-state index in [-0.39, 0.29) is 17.1 Å². The van der Waals surface area contributed by atoms with E-state index in [1.54, 1.807) is 12.1 Å². The summed E-state index contributed by atoms with van der Waals surface area (Å²) in [7, 11) is 1.95. The summed E-state index contributed by atoms with van der Waals surface area (Å²) in [6.07, 6.45) is 0. The Morgan fingerprint density at radius 2 is 1.85 bits per heavy atom. The van der Waals surface area contributed by atoms with Gasteiger partial charge in [-0.25, -0.2) is 0 Å². The second-order valence-corrected chi connectivity index (χ2v) is 6.21. The maximum atomic E-state index is 9.40. The number of aromatic hydroxyl groups is 1. The Morgan fingerprint density at radius 1 is 1.25 bits per heavy atom. The first-order valence-electron chi connectivity index (χ1n) is 6.86. The van der Waals surface area contributed by atoms with Crippen LogP contribution in [0.25, 0.3) is 0 Å². The van der Waals surface area contributed by atoms with Crippen molar-refractivity contribution in [3.8, 4) is 5.75 Å². The molecule has 0 aliphatic carbocycles. The van der Waals surface area contributed by atoms with E-state index in [9.17, 15) is 5.11 Å². The zero-order chi connectivity index (χ0) is 14.9. The van der Waals surface area contributed by atoms with E-state index in [4.69, 9.17) is 5.73 Å². The minimum absolute atomic E-state index is 0.0180. The largest absolute Gasteiger partial charge is 0.508 e. The summed E-state index contributed by atoms with van der Waals surface area (Å²) in [6.45, 7) is 6.96. The Balaban J connectivity index is 2.42. The molecule has 1 heterocycles. The van der Waals surface area contributed by atoms with Gasteiger partial charge in [0, 0.05) is 30.6 Å². The van der Waals surface area contributed by atoms with Gasteiger partial charge in [0.15, 0.2) is 0 Å². The van der Waals surface area contributed by atoms with Gasteiger partial charge in [0.1, 0.15) is 5.75 Å². The molecular formula is C16H23N3O. The lowest BCUT2D eigenvalue weighted by molar-refractivity contribution is 0.475. The van der Waals surface area contributed by atoms with E-state index in [1.807, 2.05) is 23.9 Å². The number of hydrogen-bond donors (Lipinski definition) is 2. The lowest BCUT2D eigenvalue weighted by Gasteiger charge is -2.16. The molecule has 108 valence electrons. The SMILES string of the molecule is Cn1nc(C(C)(C)C)cc1C(CN)c1ccc(O)cc1. The van der Waals surface area contributed by atoms with Crippen LogP contribution < -0.4 is 5.73 Å². The molecule has 1 atom stereocenters. The van der Waals surface area contributed by atoms with Crippen LogP contribution in [-0.2, 0) is 12.5 Å². The van der Waals surface area contributed by atoms with Crippen molar-refractivity contribution in [3.05, 3.63) is 47.3 Å². The van der Waals surface area contributed by atoms with Crippen molar-refractivity contribution in [2.45, 2.75) is 32.1 Å². The standard InChI is InChI=1S/C16H23N3O/c1-16(2,3)15-9-14(19(4)18-15)13(10-17)11-5-7-12(20)8-6-11/h5-9,13,20H,10,17H2,1-4H3. The number of nitrogens with two attached hydrogens (primary N) is 1. The Kier molecular flexibility index (Phi) is 3.86. The summed E-state index contributed by atoms with van der Waals surface area (Å²) in [5.41, 5.74) is 9.23. The second kappa shape index (κ2) is 5.29. The highest BCUT2D eigenvalue weighted by atomic mass is 16.3. The van der Waals surface area contributed by atoms with E-state index >= 15 is 0 Å². The third-order valence-electron chi connectivity index (χ3n) is 3.57. The fourth-order valence-corrected chi connectivity index (χ4v) is 2.31. The summed E-state index contributed by atoms with van der Waals surface area (Å²) < 4.78 is 1.91. The molecule has 0 aliphatic heterocycles. The molecular weight excluding hydrogens is 250 g/mol. The highest BCUT2D eigenvalue weighted by Crippen LogP contribution is 2.29. The van der Waals surface area contributed by atoms with Gasteiger partial charge >= 0.3 is 0 Å². The number of aromatic nitrogens is 2. The topological polar surface area (TPSA) is 64.1 Å². The number of rotatable bonds is 3. The van der Waals surface area contributed by atoms with E-state index in [0.717, 1.165) is 17.0 Å². The van der Waals surface area contributed by atoms with Crippen molar-refractivity contribution in [3.63, 3.8) is 0 Å². The van der Waals surface area contributed by atoms with Crippen LogP contribution in [0, 0.1) is 0 Å². The van der Waals surface area contributed by atoms with E-state index < -0.39 is 0 Å². The van der Waals surface area contributed by atoms with Gasteiger partial charge in [-0.15, -0.1) is 0 Å². The first-order chi connectivity index (χ1) is 9.32. The quantitative estimate of drug-likeness (QED) is 0.903. The highest BCUT2D eigenvalue weighted by Gasteiger charge is 2.23. The van der Waals surface area contributed by atoms with Gasteiger partial charge in [0.2, 0.25) is 0 Å². The summed E-state index contributed by atoms with van der Waals surface area (Å²) in [5, 5.41) is 14.0. The normalized spacial score (nSPS) is 13.4. The minimum atomic E-state index is 0.0180. The van der Waals surface area contributed by atoms with Crippen molar-refractivity contribution in [1.29, 1.82) is 0 Å². The van der Waals surface area contributed by atoms with Crippen molar-refractivity contribution in [2.24, 2.45) is 12.8 Å². The minimum Gasteiger partial charge on any atom is -0.508 e. The van der Waals surface area contributed by atoms with Crippen LogP contribution in [0.4, 0.5) is 0 Å². The molecule has 2 aromatic rings. The predicted molar refractivity (Wildman–Crippen MR) is 80.9 cm³/mol. The zero-order valence-corrected chi connectivity index (χ0v) is 12.6. The molecule has 0 radical (unpaired) electrons. The number of nitrogens with zero attached hydrogens (tertiary/aromatic N) is 2. The molecule has 0 saturated heterocycles. The molecule has 4 nitrogen and oxygen atoms in total. The smallest absolute Gasteiger partial charge is 0.115 e. The van der Waals surface area contributed by atoms with Gasteiger partial charge in [-0.1, -0.05) is 32.9 Å². The first kappa shape index (κ1) is 14.6. The fourth-order valence-electron chi connectivity index (χ4n) is 2.31. The van der Waals surface area contributed by atoms with Gasteiger partial charge in [-0.3, -0.25) is 4.68 Å². The highest BCUT2D eigenvalue weighted by molar-refractivity contribution is 5.35. The number of aryl methyl sites for hydroxylation is 1. The Labute approximate surface area is 120 Å². The van der Waals surface area contributed by atoms with Crippen LogP contribution in [0.15, 0.2) is 30.3 Å². The van der Waals surface area contributed by atoms with Gasteiger partial charge in [-0.2, -0.15) is 5.10 Å². The average molecular weight is 273 g/mol. The molecule has 0 amide bonds. The summed E-state index contributed by atoms with van der Waals surface area (Å²) >= 11 is 0. The van der Waals surface area contributed by atoms with Crippen LogP contribution >= 0.6 is 0 Å². The van der Waals surface area contributed by atoms with Gasteiger partial charge in [-0.05, 0) is 23.8 Å². The van der Waals surface area contributed by atoms with E-state index in [0.29, 0.717) is 6.54 Å². The Hall–Kier alpha value is -1.81. The lowest BCUT2D eigenvalue weighted by atomic mass is 9.90. The molecule has 1 aromatic heterocycles. The lowest BCUT2D eigenvalue weighted by Crippen LogP contribution is -2.16. The summed E-state index contributed by atoms with van der Waals surface area (Å²) in [4.78, 5) is 0. The van der Waals surface area contributed by atoms with Crippen molar-refractivity contribution in [2.75, 3.05) is 6.54 Å². The van der Waals surface area contributed by atoms with Crippen LogP contribution in [0.1, 0.15) is 43.6 Å². The maximum absolute atomic E-state index is 9.40. The monoisotopic (exact) mass is 273 g/mol. The molecule has 20 heavy (non-hydrogen) atoms.